The molecule has 0 aliphatic rings. The van der Waals surface area contributed by atoms with E-state index in [1.807, 2.05) is 0 Å². The van der Waals surface area contributed by atoms with Crippen LogP contribution < -0.4 is 0 Å². The molecule has 0 aliphatic heterocycles. The highest BCUT2D eigenvalue weighted by molar-refractivity contribution is 7.98. The number of aliphatic hydroxyl groups is 1. The average Bonchev–Trinajstić information content (AvgIpc) is 2.69. The summed E-state index contributed by atoms with van der Waals surface area (Å²) in [6, 6.07) is 1.65. The molecule has 0 fully saturated rings. The Hall–Kier alpha value is -0.820. The molecule has 18 heavy (non-hydrogen) atoms. The van der Waals surface area contributed by atoms with Gasteiger partial charge in [-0.3, -0.25) is 4.98 Å². The summed E-state index contributed by atoms with van der Waals surface area (Å²) in [5, 5.41) is 18.6. The van der Waals surface area contributed by atoms with Crippen LogP contribution in [-0.4, -0.2) is 24.9 Å². The number of aliphatic hydroxyl groups excluding tert-OH is 1. The lowest BCUT2D eigenvalue weighted by molar-refractivity contribution is 0.266. The first kappa shape index (κ1) is 13.6. The molecule has 1 N–H and O–H groups in total. The molecule has 0 bridgehead atoms. The number of pyridine rings is 1. The van der Waals surface area contributed by atoms with Crippen molar-refractivity contribution in [3.8, 4) is 0 Å². The lowest BCUT2D eigenvalue weighted by Crippen LogP contribution is -1.98. The second-order valence-corrected chi connectivity index (χ2v) is 5.27. The van der Waals surface area contributed by atoms with Gasteiger partial charge in [-0.25, -0.2) is 0 Å². The molecule has 96 valence electrons. The largest absolute Gasteiger partial charge is 0.388 e. The topological polar surface area (TPSA) is 63.8 Å². The molecule has 0 unspecified atom stereocenters. The van der Waals surface area contributed by atoms with Crippen LogP contribution in [0.3, 0.4) is 0 Å². The van der Waals surface area contributed by atoms with E-state index in [4.69, 9.17) is 28.3 Å². The van der Waals surface area contributed by atoms with Crippen LogP contribution in [0.2, 0.25) is 10.0 Å². The molecule has 5 nitrogen and oxygen atoms in total. The number of hydrogen-bond donors (Lipinski definition) is 1. The summed E-state index contributed by atoms with van der Waals surface area (Å²) in [6.07, 6.45) is 1.55. The highest BCUT2D eigenvalue weighted by Crippen LogP contribution is 2.25. The van der Waals surface area contributed by atoms with E-state index >= 15 is 0 Å². The van der Waals surface area contributed by atoms with Crippen molar-refractivity contribution in [1.29, 1.82) is 0 Å². The van der Waals surface area contributed by atoms with Gasteiger partial charge in [0.2, 0.25) is 0 Å². The maximum absolute atomic E-state index is 9.01. The van der Waals surface area contributed by atoms with E-state index in [0.717, 1.165) is 5.69 Å². The van der Waals surface area contributed by atoms with E-state index in [1.165, 1.54) is 11.8 Å². The van der Waals surface area contributed by atoms with E-state index in [2.05, 4.69) is 15.2 Å². The van der Waals surface area contributed by atoms with Crippen molar-refractivity contribution < 1.29 is 5.11 Å². The van der Waals surface area contributed by atoms with Gasteiger partial charge in [-0.15, -0.1) is 10.2 Å². The van der Waals surface area contributed by atoms with Gasteiger partial charge in [0.1, 0.15) is 6.61 Å². The summed E-state index contributed by atoms with van der Waals surface area (Å²) < 4.78 is 1.73. The summed E-state index contributed by atoms with van der Waals surface area (Å²) in [6.45, 7) is -0.135. The fourth-order valence-electron chi connectivity index (χ4n) is 1.29. The minimum absolute atomic E-state index is 0.135. The Morgan fingerprint density at radius 1 is 1.39 bits per heavy atom. The summed E-state index contributed by atoms with van der Waals surface area (Å²) in [5.74, 6) is 1.08. The quantitative estimate of drug-likeness (QED) is 0.878. The molecular weight excluding hydrogens is 295 g/mol. The van der Waals surface area contributed by atoms with Gasteiger partial charge in [0.25, 0.3) is 0 Å². The SMILES string of the molecule is Cn1c(CO)nnc1SCc1ncc(Cl)cc1Cl. The van der Waals surface area contributed by atoms with Crippen molar-refractivity contribution in [3.05, 3.63) is 33.8 Å². The molecule has 2 heterocycles. The summed E-state index contributed by atoms with van der Waals surface area (Å²) in [7, 11) is 1.80. The van der Waals surface area contributed by atoms with E-state index in [1.54, 1.807) is 23.9 Å². The summed E-state index contributed by atoms with van der Waals surface area (Å²) in [4.78, 5) is 4.16. The predicted octanol–water partition coefficient (Wildman–Crippen LogP) is 2.30. The van der Waals surface area contributed by atoms with Crippen molar-refractivity contribution in [2.24, 2.45) is 7.05 Å². The Bertz CT molecular complexity index is 561. The van der Waals surface area contributed by atoms with Gasteiger partial charge < -0.3 is 9.67 Å². The van der Waals surface area contributed by atoms with E-state index in [-0.39, 0.29) is 6.61 Å². The van der Waals surface area contributed by atoms with Crippen molar-refractivity contribution in [2.75, 3.05) is 0 Å². The molecule has 2 aromatic heterocycles. The molecule has 0 spiro atoms. The molecule has 2 aromatic rings. The molecule has 0 atom stereocenters. The van der Waals surface area contributed by atoms with Gasteiger partial charge in [-0.05, 0) is 6.07 Å². The number of nitrogens with zero attached hydrogens (tertiary/aromatic N) is 4. The number of rotatable bonds is 4. The van der Waals surface area contributed by atoms with E-state index in [0.29, 0.717) is 26.8 Å². The highest BCUT2D eigenvalue weighted by atomic mass is 35.5. The minimum Gasteiger partial charge on any atom is -0.388 e. The number of aromatic nitrogens is 4. The first-order valence-corrected chi connectivity index (χ1v) is 6.78. The lowest BCUT2D eigenvalue weighted by Gasteiger charge is -2.04. The molecular formula is C10H10Cl2N4OS. The molecule has 0 aromatic carbocycles. The Kier molecular flexibility index (Phi) is 4.45. The van der Waals surface area contributed by atoms with Gasteiger partial charge in [0.15, 0.2) is 11.0 Å². The molecule has 0 radical (unpaired) electrons. The van der Waals surface area contributed by atoms with E-state index < -0.39 is 0 Å². The average molecular weight is 305 g/mol. The zero-order valence-corrected chi connectivity index (χ0v) is 11.8. The van der Waals surface area contributed by atoms with Gasteiger partial charge in [-0.1, -0.05) is 35.0 Å². The van der Waals surface area contributed by atoms with Crippen LogP contribution in [0.1, 0.15) is 11.5 Å². The molecule has 0 amide bonds. The van der Waals surface area contributed by atoms with Gasteiger partial charge >= 0.3 is 0 Å². The second kappa shape index (κ2) is 5.88. The van der Waals surface area contributed by atoms with Crippen LogP contribution in [0.15, 0.2) is 17.4 Å². The maximum Gasteiger partial charge on any atom is 0.191 e. The van der Waals surface area contributed by atoms with Crippen molar-refractivity contribution in [1.82, 2.24) is 19.7 Å². The summed E-state index contributed by atoms with van der Waals surface area (Å²) in [5.41, 5.74) is 0.736. The van der Waals surface area contributed by atoms with Crippen LogP contribution in [0.4, 0.5) is 0 Å². The Labute approximate surface area is 118 Å². The second-order valence-electron chi connectivity index (χ2n) is 3.49. The molecule has 2 rings (SSSR count). The monoisotopic (exact) mass is 304 g/mol. The molecule has 0 saturated carbocycles. The Morgan fingerprint density at radius 3 is 2.78 bits per heavy atom. The first-order chi connectivity index (χ1) is 8.61. The van der Waals surface area contributed by atoms with Crippen LogP contribution in [0.25, 0.3) is 0 Å². The van der Waals surface area contributed by atoms with Gasteiger partial charge in [-0.2, -0.15) is 0 Å². The van der Waals surface area contributed by atoms with Gasteiger partial charge in [0.05, 0.1) is 15.7 Å². The Balaban J connectivity index is 2.09. The van der Waals surface area contributed by atoms with Crippen molar-refractivity contribution >= 4 is 35.0 Å². The number of thioether (sulfide) groups is 1. The first-order valence-electron chi connectivity index (χ1n) is 5.03. The zero-order chi connectivity index (χ0) is 13.1. The highest BCUT2D eigenvalue weighted by Gasteiger charge is 2.10. The fourth-order valence-corrected chi connectivity index (χ4v) is 2.71. The van der Waals surface area contributed by atoms with Crippen molar-refractivity contribution in [2.45, 2.75) is 17.5 Å². The third kappa shape index (κ3) is 2.95. The third-order valence-corrected chi connectivity index (χ3v) is 3.85. The number of halogens is 2. The molecule has 0 aliphatic carbocycles. The summed E-state index contributed by atoms with van der Waals surface area (Å²) >= 11 is 13.2. The smallest absolute Gasteiger partial charge is 0.191 e. The fraction of sp³-hybridized carbons (Fsp3) is 0.300. The van der Waals surface area contributed by atoms with Crippen LogP contribution >= 0.6 is 35.0 Å². The van der Waals surface area contributed by atoms with Crippen molar-refractivity contribution in [3.63, 3.8) is 0 Å². The Morgan fingerprint density at radius 2 is 2.17 bits per heavy atom. The molecule has 0 saturated heterocycles. The third-order valence-electron chi connectivity index (χ3n) is 2.29. The van der Waals surface area contributed by atoms with Gasteiger partial charge in [0, 0.05) is 19.0 Å². The normalized spacial score (nSPS) is 10.9. The zero-order valence-electron chi connectivity index (χ0n) is 9.47. The number of hydrogen-bond acceptors (Lipinski definition) is 5. The maximum atomic E-state index is 9.01. The van der Waals surface area contributed by atoms with Crippen LogP contribution in [0, 0.1) is 0 Å². The predicted molar refractivity (Wildman–Crippen MR) is 70.7 cm³/mol. The lowest BCUT2D eigenvalue weighted by atomic mass is 10.4. The minimum atomic E-state index is -0.135. The standard InChI is InChI=1S/C10H10Cl2N4OS/c1-16-9(4-17)14-15-10(16)18-5-8-7(12)2-6(11)3-13-8/h2-3,17H,4-5H2,1H3. The van der Waals surface area contributed by atoms with E-state index in [9.17, 15) is 0 Å². The van der Waals surface area contributed by atoms with Crippen LogP contribution in [-0.2, 0) is 19.4 Å². The van der Waals surface area contributed by atoms with Crippen LogP contribution in [0.5, 0.6) is 0 Å². The molecule has 8 heteroatoms.